The van der Waals surface area contributed by atoms with Crippen molar-refractivity contribution in [3.8, 4) is 11.5 Å². The average molecular weight is 300 g/mol. The molecule has 0 N–H and O–H groups in total. The quantitative estimate of drug-likeness (QED) is 0.672. The first-order valence-electron chi connectivity index (χ1n) is 6.68. The topological polar surface area (TPSA) is 44.8 Å². The van der Waals surface area contributed by atoms with Gasteiger partial charge in [0.15, 0.2) is 11.5 Å². The van der Waals surface area contributed by atoms with Crippen LogP contribution in [0.3, 0.4) is 0 Å². The van der Waals surface area contributed by atoms with E-state index >= 15 is 0 Å². The third-order valence-corrected chi connectivity index (χ3v) is 4.49. The van der Waals surface area contributed by atoms with Gasteiger partial charge in [-0.05, 0) is 42.0 Å². The number of hydrogen-bond acceptors (Lipinski definition) is 5. The number of fused-ring (bicyclic) bond motifs is 4. The monoisotopic (exact) mass is 300 g/mol. The van der Waals surface area contributed by atoms with E-state index in [0.29, 0.717) is 17.9 Å². The average Bonchev–Trinajstić information content (AvgIpc) is 3.13. The summed E-state index contributed by atoms with van der Waals surface area (Å²) in [4.78, 5) is 12.2. The summed E-state index contributed by atoms with van der Waals surface area (Å²) < 4.78 is 17.1. The molecule has 5 heteroatoms. The number of carbonyl (C=O) groups excluding carboxylic acids is 1. The lowest BCUT2D eigenvalue weighted by Crippen LogP contribution is -2.04. The Morgan fingerprint density at radius 1 is 1.24 bits per heavy atom. The minimum atomic E-state index is -0.291. The van der Waals surface area contributed by atoms with Gasteiger partial charge in [-0.3, -0.25) is 0 Å². The molecule has 1 aromatic heterocycles. The second kappa shape index (κ2) is 4.63. The Hall–Kier alpha value is -2.27. The van der Waals surface area contributed by atoms with E-state index in [9.17, 15) is 4.79 Å². The van der Waals surface area contributed by atoms with Crippen molar-refractivity contribution in [2.45, 2.75) is 6.92 Å². The fourth-order valence-electron chi connectivity index (χ4n) is 2.61. The number of carbonyl (C=O) groups is 1. The molecule has 0 fully saturated rings. The maximum absolute atomic E-state index is 12.2. The highest BCUT2D eigenvalue weighted by Gasteiger charge is 2.19. The fourth-order valence-corrected chi connectivity index (χ4v) is 3.56. The van der Waals surface area contributed by atoms with Crippen LogP contribution < -0.4 is 9.47 Å². The zero-order valence-electron chi connectivity index (χ0n) is 11.3. The maximum atomic E-state index is 12.2. The summed E-state index contributed by atoms with van der Waals surface area (Å²) in [6.07, 6.45) is 0. The van der Waals surface area contributed by atoms with Crippen LogP contribution in [-0.2, 0) is 4.74 Å². The minimum absolute atomic E-state index is 0.240. The van der Waals surface area contributed by atoms with Gasteiger partial charge in [0.2, 0.25) is 6.79 Å². The molecule has 0 unspecified atom stereocenters. The largest absolute Gasteiger partial charge is 0.462 e. The first kappa shape index (κ1) is 12.5. The van der Waals surface area contributed by atoms with Crippen molar-refractivity contribution in [3.05, 3.63) is 35.2 Å². The standard InChI is InChI=1S/C16H12O4S/c1-2-18-16(17)12-5-9-6-13-14(20-8-19-13)7-11(9)15-10(12)3-4-21-15/h3-7H,2,8H2,1H3. The molecule has 3 aromatic rings. The van der Waals surface area contributed by atoms with E-state index in [1.165, 1.54) is 0 Å². The van der Waals surface area contributed by atoms with Gasteiger partial charge in [-0.15, -0.1) is 11.3 Å². The summed E-state index contributed by atoms with van der Waals surface area (Å²) in [5, 5.41) is 4.93. The Bertz CT molecular complexity index is 865. The van der Waals surface area contributed by atoms with Crippen LogP contribution in [0.5, 0.6) is 11.5 Å². The second-order valence-electron chi connectivity index (χ2n) is 4.73. The smallest absolute Gasteiger partial charge is 0.338 e. The van der Waals surface area contributed by atoms with Crippen LogP contribution in [0.1, 0.15) is 17.3 Å². The van der Waals surface area contributed by atoms with Crippen molar-refractivity contribution in [3.63, 3.8) is 0 Å². The van der Waals surface area contributed by atoms with Crippen molar-refractivity contribution in [2.24, 2.45) is 0 Å². The third-order valence-electron chi connectivity index (χ3n) is 3.54. The number of thiophene rings is 1. The molecule has 106 valence electrons. The van der Waals surface area contributed by atoms with Gasteiger partial charge >= 0.3 is 5.97 Å². The van der Waals surface area contributed by atoms with Gasteiger partial charge in [0, 0.05) is 15.5 Å². The minimum Gasteiger partial charge on any atom is -0.462 e. The highest BCUT2D eigenvalue weighted by atomic mass is 32.1. The molecule has 0 amide bonds. The second-order valence-corrected chi connectivity index (χ2v) is 5.65. The lowest BCUT2D eigenvalue weighted by atomic mass is 10.0. The van der Waals surface area contributed by atoms with Crippen LogP contribution in [0.4, 0.5) is 0 Å². The summed E-state index contributed by atoms with van der Waals surface area (Å²) in [5.74, 6) is 1.18. The highest BCUT2D eigenvalue weighted by molar-refractivity contribution is 7.18. The SMILES string of the molecule is CCOC(=O)c1cc2cc3c(cc2c2sccc12)OCO3. The van der Waals surface area contributed by atoms with E-state index in [-0.39, 0.29) is 12.8 Å². The molecule has 4 nitrogen and oxygen atoms in total. The zero-order valence-corrected chi connectivity index (χ0v) is 12.2. The number of ether oxygens (including phenoxy) is 3. The van der Waals surface area contributed by atoms with E-state index in [0.717, 1.165) is 26.6 Å². The van der Waals surface area contributed by atoms with Gasteiger partial charge in [0.1, 0.15) is 0 Å². The van der Waals surface area contributed by atoms with Crippen LogP contribution in [0.25, 0.3) is 20.9 Å². The van der Waals surface area contributed by atoms with Crippen LogP contribution in [0.15, 0.2) is 29.6 Å². The summed E-state index contributed by atoms with van der Waals surface area (Å²) in [5.41, 5.74) is 0.597. The molecule has 4 rings (SSSR count). The van der Waals surface area contributed by atoms with Crippen molar-refractivity contribution in [1.29, 1.82) is 0 Å². The Labute approximate surface area is 124 Å². The van der Waals surface area contributed by atoms with Gasteiger partial charge in [0.25, 0.3) is 0 Å². The molecule has 0 saturated heterocycles. The van der Waals surface area contributed by atoms with Crippen molar-refractivity contribution >= 4 is 38.2 Å². The Morgan fingerprint density at radius 2 is 2.05 bits per heavy atom. The van der Waals surface area contributed by atoms with Gasteiger partial charge in [-0.25, -0.2) is 4.79 Å². The molecule has 21 heavy (non-hydrogen) atoms. The van der Waals surface area contributed by atoms with E-state index in [2.05, 4.69) is 0 Å². The predicted molar refractivity (Wildman–Crippen MR) is 81.4 cm³/mol. The first-order valence-corrected chi connectivity index (χ1v) is 7.56. The molecule has 0 bridgehead atoms. The summed E-state index contributed by atoms with van der Waals surface area (Å²) in [6.45, 7) is 2.41. The molecule has 0 radical (unpaired) electrons. The molecule has 0 atom stereocenters. The van der Waals surface area contributed by atoms with Crippen molar-refractivity contribution in [1.82, 2.24) is 0 Å². The molecule has 1 aliphatic heterocycles. The molecule has 0 spiro atoms. The highest BCUT2D eigenvalue weighted by Crippen LogP contribution is 2.41. The number of benzene rings is 2. The van der Waals surface area contributed by atoms with Gasteiger partial charge in [0.05, 0.1) is 12.2 Å². The van der Waals surface area contributed by atoms with Crippen LogP contribution in [-0.4, -0.2) is 19.4 Å². The maximum Gasteiger partial charge on any atom is 0.338 e. The molecule has 0 saturated carbocycles. The van der Waals surface area contributed by atoms with E-state index < -0.39 is 0 Å². The summed E-state index contributed by atoms with van der Waals surface area (Å²) >= 11 is 1.61. The molecule has 1 aliphatic rings. The van der Waals surface area contributed by atoms with E-state index in [1.54, 1.807) is 11.3 Å². The summed E-state index contributed by atoms with van der Waals surface area (Å²) in [6, 6.07) is 7.71. The molecular weight excluding hydrogens is 288 g/mol. The summed E-state index contributed by atoms with van der Waals surface area (Å²) in [7, 11) is 0. The molecular formula is C16H12O4S. The number of esters is 1. The lowest BCUT2D eigenvalue weighted by Gasteiger charge is -2.08. The first-order chi connectivity index (χ1) is 10.3. The van der Waals surface area contributed by atoms with E-state index in [1.807, 2.05) is 36.6 Å². The normalized spacial score (nSPS) is 13.0. The van der Waals surface area contributed by atoms with Gasteiger partial charge in [-0.1, -0.05) is 0 Å². The molecule has 2 aromatic carbocycles. The van der Waals surface area contributed by atoms with E-state index in [4.69, 9.17) is 14.2 Å². The Balaban J connectivity index is 2.04. The molecule has 0 aliphatic carbocycles. The zero-order chi connectivity index (χ0) is 14.4. The van der Waals surface area contributed by atoms with Gasteiger partial charge < -0.3 is 14.2 Å². The predicted octanol–water partition coefficient (Wildman–Crippen LogP) is 3.96. The van der Waals surface area contributed by atoms with Crippen LogP contribution >= 0.6 is 11.3 Å². The fraction of sp³-hybridized carbons (Fsp3) is 0.188. The number of hydrogen-bond donors (Lipinski definition) is 0. The van der Waals surface area contributed by atoms with Crippen molar-refractivity contribution < 1.29 is 19.0 Å². The number of rotatable bonds is 2. The lowest BCUT2D eigenvalue weighted by molar-refractivity contribution is 0.0529. The van der Waals surface area contributed by atoms with Crippen molar-refractivity contribution in [2.75, 3.05) is 13.4 Å². The van der Waals surface area contributed by atoms with Gasteiger partial charge in [-0.2, -0.15) is 0 Å². The third kappa shape index (κ3) is 1.85. The van der Waals surface area contributed by atoms with Crippen LogP contribution in [0.2, 0.25) is 0 Å². The van der Waals surface area contributed by atoms with Crippen LogP contribution in [0, 0.1) is 0 Å². The molecule has 2 heterocycles. The Morgan fingerprint density at radius 3 is 2.86 bits per heavy atom. The Kier molecular flexibility index (Phi) is 2.75.